The van der Waals surface area contributed by atoms with Crippen LogP contribution in [0.4, 0.5) is 22.7 Å². The van der Waals surface area contributed by atoms with Gasteiger partial charge in [0, 0.05) is 6.07 Å². The summed E-state index contributed by atoms with van der Waals surface area (Å²) in [6.45, 7) is 0. The zero-order valence-corrected chi connectivity index (χ0v) is 7.54. The Morgan fingerprint density at radius 1 is 0.786 bits per heavy atom. The Morgan fingerprint density at radius 3 is 2.36 bits per heavy atom. The van der Waals surface area contributed by atoms with Gasteiger partial charge in [0.2, 0.25) is 0 Å². The molecule has 0 saturated carbocycles. The van der Waals surface area contributed by atoms with Gasteiger partial charge in [-0.25, -0.2) is 0 Å². The fraction of sp³-hybridized carbons (Fsp3) is 0. The molecule has 2 aromatic rings. The lowest BCUT2D eigenvalue weighted by Crippen LogP contribution is -2.05. The maximum Gasteiger partial charge on any atom is 0.0704 e. The lowest BCUT2D eigenvalue weighted by Gasteiger charge is -2.22. The molecule has 0 spiro atoms. The molecule has 0 unspecified atom stereocenters. The smallest absolute Gasteiger partial charge is 0.0704 e. The highest BCUT2D eigenvalue weighted by Crippen LogP contribution is 2.37. The van der Waals surface area contributed by atoms with E-state index in [-0.39, 0.29) is 0 Å². The number of hydrogen-bond donors (Lipinski definition) is 2. The average Bonchev–Trinajstić information content (AvgIpc) is 2.26. The Hall–Kier alpha value is -1.96. The van der Waals surface area contributed by atoms with Gasteiger partial charge in [0.15, 0.2) is 0 Å². The van der Waals surface area contributed by atoms with Gasteiger partial charge in [0.1, 0.15) is 0 Å². The molecule has 1 aliphatic heterocycles. The van der Waals surface area contributed by atoms with Crippen molar-refractivity contribution in [1.82, 2.24) is 0 Å². The summed E-state index contributed by atoms with van der Waals surface area (Å²) in [7, 11) is 0. The van der Waals surface area contributed by atoms with Crippen molar-refractivity contribution >= 4 is 22.7 Å². The highest BCUT2D eigenvalue weighted by atomic mass is 15.0. The minimum atomic E-state index is 1.01. The first-order chi connectivity index (χ1) is 6.93. The van der Waals surface area contributed by atoms with E-state index in [9.17, 15) is 0 Å². The van der Waals surface area contributed by atoms with Crippen LogP contribution in [0.5, 0.6) is 0 Å². The van der Waals surface area contributed by atoms with Crippen molar-refractivity contribution in [2.24, 2.45) is 0 Å². The van der Waals surface area contributed by atoms with E-state index >= 15 is 0 Å². The molecule has 2 nitrogen and oxygen atoms in total. The van der Waals surface area contributed by atoms with E-state index < -0.39 is 0 Å². The summed E-state index contributed by atoms with van der Waals surface area (Å²) in [6.07, 6.45) is 0. The Kier molecular flexibility index (Phi) is 1.47. The van der Waals surface area contributed by atoms with Crippen molar-refractivity contribution in [2.45, 2.75) is 0 Å². The molecule has 0 aliphatic carbocycles. The van der Waals surface area contributed by atoms with Crippen LogP contribution < -0.4 is 10.6 Å². The Balaban J connectivity index is 2.12. The topological polar surface area (TPSA) is 24.1 Å². The number of rotatable bonds is 0. The number of benzene rings is 2. The molecule has 0 atom stereocenters. The lowest BCUT2D eigenvalue weighted by molar-refractivity contribution is 1.44. The van der Waals surface area contributed by atoms with E-state index in [4.69, 9.17) is 0 Å². The van der Waals surface area contributed by atoms with Gasteiger partial charge in [0.05, 0.1) is 22.7 Å². The highest BCUT2D eigenvalue weighted by molar-refractivity contribution is 5.89. The molecule has 0 saturated heterocycles. The molecule has 1 radical (unpaired) electrons. The first-order valence-electron chi connectivity index (χ1n) is 4.57. The number of hydrogen-bond acceptors (Lipinski definition) is 2. The van der Waals surface area contributed by atoms with Crippen molar-refractivity contribution in [2.75, 3.05) is 10.6 Å². The van der Waals surface area contributed by atoms with Crippen molar-refractivity contribution in [1.29, 1.82) is 0 Å². The maximum atomic E-state index is 3.35. The maximum absolute atomic E-state index is 3.35. The van der Waals surface area contributed by atoms with Crippen LogP contribution in [0.25, 0.3) is 0 Å². The van der Waals surface area contributed by atoms with Gasteiger partial charge >= 0.3 is 0 Å². The SMILES string of the molecule is [c]1cccc2c1Nc1ccccc1N2. The van der Waals surface area contributed by atoms with Crippen LogP contribution in [0.3, 0.4) is 0 Å². The molecule has 0 fully saturated rings. The standard InChI is InChI=1S/C12H9N2/c1-2-6-10-9(5-1)13-11-7-3-4-8-12(11)14-10/h1-7,13-14H. The first kappa shape index (κ1) is 7.44. The molecule has 1 heterocycles. The van der Waals surface area contributed by atoms with Crippen LogP contribution in [-0.2, 0) is 0 Å². The molecule has 14 heavy (non-hydrogen) atoms. The summed E-state index contributed by atoms with van der Waals surface area (Å²) in [4.78, 5) is 0. The quantitative estimate of drug-likeness (QED) is 0.556. The van der Waals surface area contributed by atoms with Crippen molar-refractivity contribution in [3.8, 4) is 0 Å². The second-order valence-corrected chi connectivity index (χ2v) is 3.25. The van der Waals surface area contributed by atoms with Gasteiger partial charge in [0.25, 0.3) is 0 Å². The molecular weight excluding hydrogens is 172 g/mol. The summed E-state index contributed by atoms with van der Waals surface area (Å²) < 4.78 is 0. The van der Waals surface area contributed by atoms with Crippen molar-refractivity contribution < 1.29 is 0 Å². The van der Waals surface area contributed by atoms with Gasteiger partial charge in [-0.1, -0.05) is 24.3 Å². The first-order valence-corrected chi connectivity index (χ1v) is 4.57. The van der Waals surface area contributed by atoms with Crippen molar-refractivity contribution in [3.63, 3.8) is 0 Å². The number of anilines is 4. The van der Waals surface area contributed by atoms with Gasteiger partial charge in [-0.05, 0) is 18.2 Å². The molecule has 2 N–H and O–H groups in total. The third-order valence-electron chi connectivity index (χ3n) is 2.31. The molecule has 0 bridgehead atoms. The number of para-hydroxylation sites is 3. The lowest BCUT2D eigenvalue weighted by atomic mass is 10.1. The van der Waals surface area contributed by atoms with Crippen LogP contribution in [0.15, 0.2) is 42.5 Å². The molecule has 0 amide bonds. The fourth-order valence-corrected chi connectivity index (χ4v) is 1.63. The normalized spacial score (nSPS) is 12.0. The highest BCUT2D eigenvalue weighted by Gasteiger charge is 2.11. The summed E-state index contributed by atoms with van der Waals surface area (Å²) in [5.74, 6) is 0. The van der Waals surface area contributed by atoms with Gasteiger partial charge < -0.3 is 10.6 Å². The number of nitrogens with one attached hydrogen (secondary N) is 2. The third kappa shape index (κ3) is 1.04. The minimum absolute atomic E-state index is 1.01. The predicted octanol–water partition coefficient (Wildman–Crippen LogP) is 3.29. The zero-order chi connectivity index (χ0) is 9.38. The van der Waals surface area contributed by atoms with E-state index in [0.717, 1.165) is 22.7 Å². The van der Waals surface area contributed by atoms with Crippen LogP contribution in [0, 0.1) is 6.07 Å². The largest absolute Gasteiger partial charge is 0.352 e. The average molecular weight is 181 g/mol. The summed E-state index contributed by atoms with van der Waals surface area (Å²) in [5, 5.41) is 6.67. The zero-order valence-electron chi connectivity index (χ0n) is 7.54. The van der Waals surface area contributed by atoms with E-state index in [1.165, 1.54) is 0 Å². The predicted molar refractivity (Wildman–Crippen MR) is 58.3 cm³/mol. The molecule has 1 aliphatic rings. The van der Waals surface area contributed by atoms with Gasteiger partial charge in [-0.3, -0.25) is 0 Å². The second-order valence-electron chi connectivity index (χ2n) is 3.25. The molecule has 0 aromatic heterocycles. The molecular formula is C12H9N2. The fourth-order valence-electron chi connectivity index (χ4n) is 1.63. The van der Waals surface area contributed by atoms with Gasteiger partial charge in [-0.15, -0.1) is 0 Å². The van der Waals surface area contributed by atoms with Crippen LogP contribution >= 0.6 is 0 Å². The Morgan fingerprint density at radius 2 is 1.50 bits per heavy atom. The van der Waals surface area contributed by atoms with E-state index in [1.54, 1.807) is 0 Å². The van der Waals surface area contributed by atoms with Crippen LogP contribution in [-0.4, -0.2) is 0 Å². The number of fused-ring (bicyclic) bond motifs is 2. The third-order valence-corrected chi connectivity index (χ3v) is 2.31. The van der Waals surface area contributed by atoms with E-state index in [1.807, 2.05) is 36.4 Å². The van der Waals surface area contributed by atoms with E-state index in [0.29, 0.717) is 0 Å². The van der Waals surface area contributed by atoms with Crippen LogP contribution in [0.1, 0.15) is 0 Å². The van der Waals surface area contributed by atoms with Crippen LogP contribution in [0.2, 0.25) is 0 Å². The molecule has 67 valence electrons. The Labute approximate surface area is 82.6 Å². The van der Waals surface area contributed by atoms with Crippen molar-refractivity contribution in [3.05, 3.63) is 48.5 Å². The molecule has 3 rings (SSSR count). The summed E-state index contributed by atoms with van der Waals surface area (Å²) in [6, 6.07) is 17.2. The Bertz CT molecular complexity index is 390. The molecule has 2 heteroatoms. The minimum Gasteiger partial charge on any atom is -0.352 e. The van der Waals surface area contributed by atoms with Gasteiger partial charge in [-0.2, -0.15) is 0 Å². The second kappa shape index (κ2) is 2.77. The van der Waals surface area contributed by atoms with E-state index in [2.05, 4.69) is 22.8 Å². The molecule has 2 aromatic carbocycles. The summed E-state index contributed by atoms with van der Waals surface area (Å²) >= 11 is 0. The summed E-state index contributed by atoms with van der Waals surface area (Å²) in [5.41, 5.74) is 4.29. The monoisotopic (exact) mass is 181 g/mol.